The summed E-state index contributed by atoms with van der Waals surface area (Å²) in [5.41, 5.74) is 1.48. The maximum Gasteiger partial charge on any atom is 0.119 e. The highest BCUT2D eigenvalue weighted by atomic mass is 35.5. The van der Waals surface area contributed by atoms with Crippen LogP contribution in [0.5, 0.6) is 0 Å². The van der Waals surface area contributed by atoms with E-state index in [4.69, 9.17) is 16.3 Å². The Kier molecular flexibility index (Phi) is 5.23. The number of hydrogen-bond acceptors (Lipinski definition) is 1. The van der Waals surface area contributed by atoms with Crippen molar-refractivity contribution in [3.63, 3.8) is 0 Å². The number of allylic oxidation sites excluding steroid dienone is 8. The summed E-state index contributed by atoms with van der Waals surface area (Å²) in [6.45, 7) is 5.74. The number of halogens is 2. The van der Waals surface area contributed by atoms with Crippen molar-refractivity contribution in [3.8, 4) is 0 Å². The van der Waals surface area contributed by atoms with Gasteiger partial charge in [0.05, 0.1) is 12.1 Å². The minimum absolute atomic E-state index is 0.227. The Bertz CT molecular complexity index is 428. The molecule has 0 bridgehead atoms. The highest BCUT2D eigenvalue weighted by Crippen LogP contribution is 2.29. The lowest BCUT2D eigenvalue weighted by Crippen LogP contribution is -1.95. The summed E-state index contributed by atoms with van der Waals surface area (Å²) in [6.07, 6.45) is 7.95. The average molecular weight is 255 g/mol. The van der Waals surface area contributed by atoms with Crippen LogP contribution in [-0.4, -0.2) is 7.11 Å². The van der Waals surface area contributed by atoms with Crippen molar-refractivity contribution in [1.29, 1.82) is 0 Å². The lowest BCUT2D eigenvalue weighted by Gasteiger charge is -2.12. The van der Waals surface area contributed by atoms with E-state index in [-0.39, 0.29) is 5.83 Å². The van der Waals surface area contributed by atoms with Gasteiger partial charge in [-0.1, -0.05) is 18.2 Å². The Balaban J connectivity index is 2.87. The molecular weight excluding hydrogens is 239 g/mol. The van der Waals surface area contributed by atoms with Crippen molar-refractivity contribution in [2.75, 3.05) is 7.11 Å². The molecule has 1 rings (SSSR count). The van der Waals surface area contributed by atoms with Crippen LogP contribution < -0.4 is 0 Å². The van der Waals surface area contributed by atoms with E-state index >= 15 is 0 Å². The fourth-order valence-corrected chi connectivity index (χ4v) is 1.76. The van der Waals surface area contributed by atoms with E-state index < -0.39 is 0 Å². The van der Waals surface area contributed by atoms with Gasteiger partial charge in [-0.25, -0.2) is 4.39 Å². The van der Waals surface area contributed by atoms with Crippen LogP contribution in [0.15, 0.2) is 58.6 Å². The molecule has 0 atom stereocenters. The smallest absolute Gasteiger partial charge is 0.119 e. The van der Waals surface area contributed by atoms with Gasteiger partial charge in [-0.15, -0.1) is 0 Å². The molecule has 0 aliphatic heterocycles. The Morgan fingerprint density at radius 1 is 1.59 bits per heavy atom. The fourth-order valence-electron chi connectivity index (χ4n) is 1.53. The van der Waals surface area contributed by atoms with Crippen LogP contribution in [0.4, 0.5) is 4.39 Å². The molecule has 0 aromatic carbocycles. The Morgan fingerprint density at radius 2 is 2.29 bits per heavy atom. The minimum atomic E-state index is -0.227. The maximum atomic E-state index is 13.1. The van der Waals surface area contributed by atoms with Gasteiger partial charge in [-0.3, -0.25) is 0 Å². The van der Waals surface area contributed by atoms with Crippen LogP contribution in [0.3, 0.4) is 0 Å². The molecule has 0 saturated carbocycles. The van der Waals surface area contributed by atoms with Gasteiger partial charge in [0.15, 0.2) is 0 Å². The van der Waals surface area contributed by atoms with Crippen molar-refractivity contribution in [3.05, 3.63) is 58.6 Å². The topological polar surface area (TPSA) is 9.23 Å². The third-order valence-electron chi connectivity index (χ3n) is 2.53. The zero-order valence-corrected chi connectivity index (χ0v) is 10.9. The number of rotatable bonds is 4. The van der Waals surface area contributed by atoms with E-state index in [0.29, 0.717) is 22.8 Å². The van der Waals surface area contributed by atoms with Crippen molar-refractivity contribution in [2.24, 2.45) is 0 Å². The molecule has 1 nitrogen and oxygen atoms in total. The van der Waals surface area contributed by atoms with Crippen LogP contribution in [-0.2, 0) is 4.74 Å². The third-order valence-corrected chi connectivity index (χ3v) is 2.87. The quantitative estimate of drug-likeness (QED) is 0.518. The maximum absolute atomic E-state index is 13.1. The molecule has 0 unspecified atom stereocenters. The highest BCUT2D eigenvalue weighted by molar-refractivity contribution is 6.32. The van der Waals surface area contributed by atoms with Crippen molar-refractivity contribution in [2.45, 2.75) is 19.8 Å². The van der Waals surface area contributed by atoms with Gasteiger partial charge in [-0.05, 0) is 55.2 Å². The predicted molar refractivity (Wildman–Crippen MR) is 70.4 cm³/mol. The minimum Gasteiger partial charge on any atom is -0.497 e. The standard InChI is InChI=1S/C14H16ClFO/c1-4-13(17-3)9-14(15)10(2)11-6-5-7-12(16)8-11/h4,7-9H,2,5-6H2,1,3H3. The van der Waals surface area contributed by atoms with Crippen LogP contribution >= 0.6 is 11.6 Å². The molecule has 0 saturated heterocycles. The van der Waals surface area contributed by atoms with Crippen molar-refractivity contribution in [1.82, 2.24) is 0 Å². The average Bonchev–Trinajstić information content (AvgIpc) is 2.34. The molecule has 1 aliphatic rings. The first-order valence-electron chi connectivity index (χ1n) is 5.42. The molecule has 0 N–H and O–H groups in total. The molecule has 0 fully saturated rings. The van der Waals surface area contributed by atoms with Crippen LogP contribution in [0.25, 0.3) is 0 Å². The summed E-state index contributed by atoms with van der Waals surface area (Å²) < 4.78 is 18.2. The molecule has 0 radical (unpaired) electrons. The van der Waals surface area contributed by atoms with E-state index in [2.05, 4.69) is 6.58 Å². The highest BCUT2D eigenvalue weighted by Gasteiger charge is 2.11. The Hall–Kier alpha value is -1.28. The molecule has 0 aromatic rings. The Morgan fingerprint density at radius 3 is 2.82 bits per heavy atom. The molecule has 17 heavy (non-hydrogen) atoms. The SMILES string of the molecule is C=C(C(Cl)=CC(=CC)OC)C1=CC(F)=CCC1. The van der Waals surface area contributed by atoms with E-state index in [9.17, 15) is 4.39 Å². The van der Waals surface area contributed by atoms with Gasteiger partial charge in [-0.2, -0.15) is 0 Å². The number of ether oxygens (including phenoxy) is 1. The molecule has 0 aromatic heterocycles. The zero-order chi connectivity index (χ0) is 12.8. The molecule has 3 heteroatoms. The van der Waals surface area contributed by atoms with Crippen LogP contribution in [0, 0.1) is 0 Å². The van der Waals surface area contributed by atoms with Crippen LogP contribution in [0.1, 0.15) is 19.8 Å². The second-order valence-corrected chi connectivity index (χ2v) is 4.07. The predicted octanol–water partition coefficient (Wildman–Crippen LogP) is 4.79. The summed E-state index contributed by atoms with van der Waals surface area (Å²) in [4.78, 5) is 0. The number of methoxy groups -OCH3 is 1. The lowest BCUT2D eigenvalue weighted by molar-refractivity contribution is 0.306. The third kappa shape index (κ3) is 3.90. The van der Waals surface area contributed by atoms with E-state index in [1.54, 1.807) is 25.3 Å². The van der Waals surface area contributed by atoms with Crippen molar-refractivity contribution < 1.29 is 9.13 Å². The largest absolute Gasteiger partial charge is 0.497 e. The van der Waals surface area contributed by atoms with Crippen molar-refractivity contribution >= 4 is 11.6 Å². The molecule has 0 heterocycles. The first-order valence-corrected chi connectivity index (χ1v) is 5.79. The van der Waals surface area contributed by atoms with Gasteiger partial charge in [0.25, 0.3) is 0 Å². The lowest BCUT2D eigenvalue weighted by atomic mass is 9.97. The Labute approximate surface area is 107 Å². The molecule has 92 valence electrons. The molecular formula is C14H16ClFO. The normalized spacial score (nSPS) is 17.4. The first kappa shape index (κ1) is 13.8. The number of hydrogen-bond donors (Lipinski definition) is 0. The monoisotopic (exact) mass is 254 g/mol. The summed E-state index contributed by atoms with van der Waals surface area (Å²) in [6, 6.07) is 0. The summed E-state index contributed by atoms with van der Waals surface area (Å²) in [5.74, 6) is 0.429. The molecule has 0 spiro atoms. The fraction of sp³-hybridized carbons (Fsp3) is 0.286. The van der Waals surface area contributed by atoms with Gasteiger partial charge >= 0.3 is 0 Å². The van der Waals surface area contributed by atoms with E-state index in [1.165, 1.54) is 6.08 Å². The summed E-state index contributed by atoms with van der Waals surface area (Å²) >= 11 is 6.12. The van der Waals surface area contributed by atoms with E-state index in [0.717, 1.165) is 12.0 Å². The van der Waals surface area contributed by atoms with E-state index in [1.807, 2.05) is 6.92 Å². The second-order valence-electron chi connectivity index (χ2n) is 3.66. The zero-order valence-electron chi connectivity index (χ0n) is 10.1. The first-order chi connectivity index (χ1) is 8.08. The summed E-state index contributed by atoms with van der Waals surface area (Å²) in [7, 11) is 1.57. The second kappa shape index (κ2) is 6.45. The van der Waals surface area contributed by atoms with Crippen LogP contribution in [0.2, 0.25) is 0 Å². The van der Waals surface area contributed by atoms with Gasteiger partial charge < -0.3 is 4.74 Å². The molecule has 1 aliphatic carbocycles. The molecule has 0 amide bonds. The van der Waals surface area contributed by atoms with Gasteiger partial charge in [0, 0.05) is 0 Å². The van der Waals surface area contributed by atoms with Gasteiger partial charge in [0.2, 0.25) is 0 Å². The van der Waals surface area contributed by atoms with Gasteiger partial charge in [0.1, 0.15) is 11.6 Å². The summed E-state index contributed by atoms with van der Waals surface area (Å²) in [5, 5.41) is 0.473.